The van der Waals surface area contributed by atoms with Gasteiger partial charge in [-0.2, -0.15) is 0 Å². The van der Waals surface area contributed by atoms with Crippen molar-refractivity contribution in [1.29, 1.82) is 0 Å². The molecule has 3 rings (SSSR count). The molecule has 6 heteroatoms. The smallest absolute Gasteiger partial charge is 0.151 e. The van der Waals surface area contributed by atoms with Crippen LogP contribution in [-0.2, 0) is 0 Å². The molecule has 0 unspecified atom stereocenters. The van der Waals surface area contributed by atoms with Crippen molar-refractivity contribution in [2.75, 3.05) is 23.7 Å². The molecule has 1 fully saturated rings. The summed E-state index contributed by atoms with van der Waals surface area (Å²) >= 11 is 0. The molecule has 106 valence electrons. The molecule has 2 aromatic rings. The zero-order valence-corrected chi connectivity index (χ0v) is 12.0. The number of anilines is 2. The van der Waals surface area contributed by atoms with Crippen molar-refractivity contribution < 1.29 is 0 Å². The van der Waals surface area contributed by atoms with E-state index in [1.165, 1.54) is 0 Å². The van der Waals surface area contributed by atoms with Gasteiger partial charge < -0.3 is 15.2 Å². The summed E-state index contributed by atoms with van der Waals surface area (Å²) in [5.41, 5.74) is 6.75. The SMILES string of the molecule is Cc1nnc(C)n1C1CCN(c2ncccc2N)CC1. The number of nitrogens with zero attached hydrogens (tertiary/aromatic N) is 5. The van der Waals surface area contributed by atoms with Gasteiger partial charge >= 0.3 is 0 Å². The van der Waals surface area contributed by atoms with Crippen molar-refractivity contribution >= 4 is 11.5 Å². The van der Waals surface area contributed by atoms with Crippen molar-refractivity contribution in [3.8, 4) is 0 Å². The Morgan fingerprint density at radius 1 is 1.15 bits per heavy atom. The molecule has 0 spiro atoms. The number of aryl methyl sites for hydroxylation is 2. The van der Waals surface area contributed by atoms with Gasteiger partial charge in [-0.05, 0) is 38.8 Å². The number of rotatable bonds is 2. The summed E-state index contributed by atoms with van der Waals surface area (Å²) < 4.78 is 2.25. The number of nitrogen functional groups attached to an aromatic ring is 1. The number of piperidine rings is 1. The van der Waals surface area contributed by atoms with E-state index in [4.69, 9.17) is 5.73 Å². The van der Waals surface area contributed by atoms with Crippen LogP contribution in [-0.4, -0.2) is 32.8 Å². The lowest BCUT2D eigenvalue weighted by Gasteiger charge is -2.34. The summed E-state index contributed by atoms with van der Waals surface area (Å²) in [6.45, 7) is 5.96. The van der Waals surface area contributed by atoms with Crippen molar-refractivity contribution in [2.45, 2.75) is 32.7 Å². The molecule has 3 heterocycles. The molecular weight excluding hydrogens is 252 g/mol. The lowest BCUT2D eigenvalue weighted by atomic mass is 10.0. The van der Waals surface area contributed by atoms with Crippen molar-refractivity contribution in [1.82, 2.24) is 19.7 Å². The molecule has 0 aliphatic carbocycles. The summed E-state index contributed by atoms with van der Waals surface area (Å²) in [5.74, 6) is 2.90. The molecule has 1 saturated heterocycles. The van der Waals surface area contributed by atoms with Gasteiger partial charge in [-0.25, -0.2) is 4.98 Å². The minimum atomic E-state index is 0.478. The second kappa shape index (κ2) is 5.11. The summed E-state index contributed by atoms with van der Waals surface area (Å²) in [6.07, 6.45) is 3.93. The molecule has 0 amide bonds. The van der Waals surface area contributed by atoms with Crippen molar-refractivity contribution in [2.24, 2.45) is 0 Å². The van der Waals surface area contributed by atoms with Gasteiger partial charge in [0.25, 0.3) is 0 Å². The maximum Gasteiger partial charge on any atom is 0.151 e. The fraction of sp³-hybridized carbons (Fsp3) is 0.500. The Hall–Kier alpha value is -2.11. The van der Waals surface area contributed by atoms with Crippen molar-refractivity contribution in [3.05, 3.63) is 30.0 Å². The number of hydrogen-bond acceptors (Lipinski definition) is 5. The first-order valence-electron chi connectivity index (χ1n) is 7.00. The summed E-state index contributed by atoms with van der Waals surface area (Å²) in [6, 6.07) is 4.25. The first-order valence-corrected chi connectivity index (χ1v) is 7.00. The molecule has 2 N–H and O–H groups in total. The van der Waals surface area contributed by atoms with Crippen LogP contribution in [0.5, 0.6) is 0 Å². The minimum absolute atomic E-state index is 0.478. The number of nitrogens with two attached hydrogens (primary N) is 1. The maximum atomic E-state index is 6.00. The highest BCUT2D eigenvalue weighted by molar-refractivity contribution is 5.62. The first-order chi connectivity index (χ1) is 9.66. The minimum Gasteiger partial charge on any atom is -0.396 e. The number of hydrogen-bond donors (Lipinski definition) is 1. The average Bonchev–Trinajstić information content (AvgIpc) is 2.79. The van der Waals surface area contributed by atoms with E-state index in [-0.39, 0.29) is 0 Å². The highest BCUT2D eigenvalue weighted by Gasteiger charge is 2.24. The van der Waals surface area contributed by atoms with E-state index in [2.05, 4.69) is 24.6 Å². The third-order valence-corrected chi connectivity index (χ3v) is 3.98. The molecule has 0 atom stereocenters. The molecule has 1 aliphatic heterocycles. The lowest BCUT2D eigenvalue weighted by molar-refractivity contribution is 0.383. The first kappa shape index (κ1) is 12.9. The van der Waals surface area contributed by atoms with E-state index < -0.39 is 0 Å². The molecule has 2 aromatic heterocycles. The topological polar surface area (TPSA) is 72.9 Å². The van der Waals surface area contributed by atoms with Crippen LogP contribution in [0.1, 0.15) is 30.5 Å². The normalized spacial score (nSPS) is 16.6. The maximum absolute atomic E-state index is 6.00. The van der Waals surface area contributed by atoms with E-state index in [1.807, 2.05) is 26.0 Å². The second-order valence-electron chi connectivity index (χ2n) is 5.30. The fourth-order valence-electron chi connectivity index (χ4n) is 3.01. The van der Waals surface area contributed by atoms with Gasteiger partial charge in [0.05, 0.1) is 5.69 Å². The van der Waals surface area contributed by atoms with Gasteiger partial charge in [-0.15, -0.1) is 10.2 Å². The fourth-order valence-corrected chi connectivity index (χ4v) is 3.01. The zero-order chi connectivity index (χ0) is 14.1. The van der Waals surface area contributed by atoms with Gasteiger partial charge in [0, 0.05) is 25.3 Å². The van der Waals surface area contributed by atoms with Crippen LogP contribution in [0, 0.1) is 13.8 Å². The molecule has 0 radical (unpaired) electrons. The Balaban J connectivity index is 1.73. The van der Waals surface area contributed by atoms with Gasteiger partial charge in [0.1, 0.15) is 11.6 Å². The van der Waals surface area contributed by atoms with E-state index in [0.717, 1.165) is 49.1 Å². The van der Waals surface area contributed by atoms with Gasteiger partial charge in [-0.1, -0.05) is 0 Å². The van der Waals surface area contributed by atoms with E-state index >= 15 is 0 Å². The monoisotopic (exact) mass is 272 g/mol. The molecule has 0 bridgehead atoms. The Morgan fingerprint density at radius 2 is 1.80 bits per heavy atom. The average molecular weight is 272 g/mol. The van der Waals surface area contributed by atoms with Crippen LogP contribution in [0.3, 0.4) is 0 Å². The highest BCUT2D eigenvalue weighted by atomic mass is 15.3. The van der Waals surface area contributed by atoms with E-state index in [9.17, 15) is 0 Å². The number of aromatic nitrogens is 4. The molecular formula is C14H20N6. The van der Waals surface area contributed by atoms with Crippen molar-refractivity contribution in [3.63, 3.8) is 0 Å². The Labute approximate surface area is 118 Å². The van der Waals surface area contributed by atoms with Crippen LogP contribution in [0.15, 0.2) is 18.3 Å². The summed E-state index contributed by atoms with van der Waals surface area (Å²) in [5, 5.41) is 8.30. The Morgan fingerprint density at radius 3 is 2.40 bits per heavy atom. The van der Waals surface area contributed by atoms with E-state index in [0.29, 0.717) is 6.04 Å². The third-order valence-electron chi connectivity index (χ3n) is 3.98. The standard InChI is InChI=1S/C14H20N6/c1-10-17-18-11(2)20(10)12-5-8-19(9-6-12)14-13(15)4-3-7-16-14/h3-4,7,12H,5-6,8-9,15H2,1-2H3. The van der Waals surface area contributed by atoms with Crippen LogP contribution in [0.2, 0.25) is 0 Å². The van der Waals surface area contributed by atoms with Crippen LogP contribution < -0.4 is 10.6 Å². The van der Waals surface area contributed by atoms with Gasteiger partial charge in [0.15, 0.2) is 5.82 Å². The van der Waals surface area contributed by atoms with Crippen LogP contribution >= 0.6 is 0 Å². The predicted molar refractivity (Wildman–Crippen MR) is 78.6 cm³/mol. The molecule has 20 heavy (non-hydrogen) atoms. The molecule has 6 nitrogen and oxygen atoms in total. The summed E-state index contributed by atoms with van der Waals surface area (Å²) in [7, 11) is 0. The van der Waals surface area contributed by atoms with Crippen LogP contribution in [0.4, 0.5) is 11.5 Å². The molecule has 0 saturated carbocycles. The van der Waals surface area contributed by atoms with Crippen LogP contribution in [0.25, 0.3) is 0 Å². The number of pyridine rings is 1. The van der Waals surface area contributed by atoms with E-state index in [1.54, 1.807) is 6.20 Å². The molecule has 0 aromatic carbocycles. The quantitative estimate of drug-likeness (QED) is 0.901. The van der Waals surface area contributed by atoms with Gasteiger partial charge in [0.2, 0.25) is 0 Å². The third kappa shape index (κ3) is 2.21. The summed E-state index contributed by atoms with van der Waals surface area (Å²) in [4.78, 5) is 6.66. The second-order valence-corrected chi connectivity index (χ2v) is 5.30. The Bertz CT molecular complexity index is 578. The van der Waals surface area contributed by atoms with Gasteiger partial charge in [-0.3, -0.25) is 0 Å². The zero-order valence-electron chi connectivity index (χ0n) is 12.0. The Kier molecular flexibility index (Phi) is 3.30. The largest absolute Gasteiger partial charge is 0.396 e. The molecule has 1 aliphatic rings. The highest BCUT2D eigenvalue weighted by Crippen LogP contribution is 2.29. The predicted octanol–water partition coefficient (Wildman–Crippen LogP) is 1.71. The lowest BCUT2D eigenvalue weighted by Crippen LogP contribution is -2.36.